The summed E-state index contributed by atoms with van der Waals surface area (Å²) in [6, 6.07) is 6.92. The van der Waals surface area contributed by atoms with Crippen molar-refractivity contribution in [1.29, 1.82) is 10.5 Å². The second-order valence-corrected chi connectivity index (χ2v) is 4.93. The molecular formula is C15H11ClN4O2. The maximum absolute atomic E-state index is 11.9. The second-order valence-electron chi connectivity index (χ2n) is 4.52. The fourth-order valence-corrected chi connectivity index (χ4v) is 2.30. The van der Waals surface area contributed by atoms with Crippen LogP contribution in [0.25, 0.3) is 11.1 Å². The lowest BCUT2D eigenvalue weighted by Crippen LogP contribution is -2.16. The fourth-order valence-electron chi connectivity index (χ4n) is 2.13. The number of halogens is 1. The minimum atomic E-state index is -0.673. The van der Waals surface area contributed by atoms with E-state index in [0.717, 1.165) is 5.56 Å². The Kier molecular flexibility index (Phi) is 4.07. The number of ether oxygens (including phenoxy) is 1. The number of aromatic nitrogens is 1. The van der Waals surface area contributed by atoms with Gasteiger partial charge in [-0.3, -0.25) is 4.79 Å². The number of nitrogens with zero attached hydrogens (tertiary/aromatic N) is 2. The summed E-state index contributed by atoms with van der Waals surface area (Å²) < 4.78 is 5.28. The highest BCUT2D eigenvalue weighted by molar-refractivity contribution is 6.31. The van der Waals surface area contributed by atoms with Crippen molar-refractivity contribution in [2.24, 2.45) is 0 Å². The number of H-pyrrole nitrogens is 1. The molecule has 0 aliphatic carbocycles. The first-order chi connectivity index (χ1) is 10.4. The van der Waals surface area contributed by atoms with Gasteiger partial charge >= 0.3 is 0 Å². The summed E-state index contributed by atoms with van der Waals surface area (Å²) in [5.74, 6) is 0.278. The average Bonchev–Trinajstić information content (AvgIpc) is 2.49. The van der Waals surface area contributed by atoms with E-state index in [9.17, 15) is 15.3 Å². The summed E-state index contributed by atoms with van der Waals surface area (Å²) in [4.78, 5) is 14.2. The molecule has 0 radical (unpaired) electrons. The van der Waals surface area contributed by atoms with E-state index in [1.54, 1.807) is 25.1 Å². The smallest absolute Gasteiger partial charge is 0.268 e. The minimum Gasteiger partial charge on any atom is -0.496 e. The van der Waals surface area contributed by atoms with Crippen molar-refractivity contribution in [1.82, 2.24) is 4.98 Å². The standard InChI is InChI=1S/C15H11ClN4O2/c1-7-3-12(22-2)8(4-11(7)16)13-9(5-17)14(19)20-15(21)10(13)6-18/h3-4H,1-2H3,(H3,19,20,21). The van der Waals surface area contributed by atoms with Crippen molar-refractivity contribution in [2.75, 3.05) is 12.8 Å². The number of aromatic amines is 1. The van der Waals surface area contributed by atoms with Crippen LogP contribution in [0.1, 0.15) is 16.7 Å². The third-order valence-electron chi connectivity index (χ3n) is 3.22. The molecule has 0 saturated heterocycles. The molecule has 3 N–H and O–H groups in total. The molecule has 7 heteroatoms. The van der Waals surface area contributed by atoms with Crippen LogP contribution in [0.5, 0.6) is 5.75 Å². The van der Waals surface area contributed by atoms with E-state index in [2.05, 4.69) is 4.98 Å². The van der Waals surface area contributed by atoms with Crippen LogP contribution in [0.2, 0.25) is 5.02 Å². The molecule has 0 spiro atoms. The lowest BCUT2D eigenvalue weighted by molar-refractivity contribution is 0.416. The Morgan fingerprint density at radius 1 is 1.27 bits per heavy atom. The zero-order valence-electron chi connectivity index (χ0n) is 11.8. The van der Waals surface area contributed by atoms with Gasteiger partial charge < -0.3 is 15.5 Å². The number of pyridine rings is 1. The fraction of sp³-hybridized carbons (Fsp3) is 0.133. The number of methoxy groups -OCH3 is 1. The average molecular weight is 315 g/mol. The molecule has 0 aliphatic heterocycles. The number of hydrogen-bond donors (Lipinski definition) is 2. The Morgan fingerprint density at radius 3 is 2.45 bits per heavy atom. The summed E-state index contributed by atoms with van der Waals surface area (Å²) in [6.07, 6.45) is 0. The van der Waals surface area contributed by atoms with E-state index in [4.69, 9.17) is 22.1 Å². The van der Waals surface area contributed by atoms with Crippen LogP contribution < -0.4 is 16.0 Å². The van der Waals surface area contributed by atoms with Gasteiger partial charge in [-0.1, -0.05) is 11.6 Å². The van der Waals surface area contributed by atoms with Gasteiger partial charge in [0.15, 0.2) is 0 Å². The van der Waals surface area contributed by atoms with Crippen molar-refractivity contribution in [2.45, 2.75) is 6.92 Å². The lowest BCUT2D eigenvalue weighted by atomic mass is 9.95. The van der Waals surface area contributed by atoms with Gasteiger partial charge in [0.2, 0.25) is 0 Å². The van der Waals surface area contributed by atoms with E-state index >= 15 is 0 Å². The van der Waals surface area contributed by atoms with E-state index in [1.165, 1.54) is 7.11 Å². The van der Waals surface area contributed by atoms with Crippen LogP contribution in [0.3, 0.4) is 0 Å². The van der Waals surface area contributed by atoms with Crippen LogP contribution >= 0.6 is 11.6 Å². The Hall–Kier alpha value is -2.96. The molecule has 0 bridgehead atoms. The summed E-state index contributed by atoms with van der Waals surface area (Å²) in [5, 5.41) is 19.0. The van der Waals surface area contributed by atoms with Gasteiger partial charge in [-0.15, -0.1) is 0 Å². The Morgan fingerprint density at radius 2 is 1.91 bits per heavy atom. The lowest BCUT2D eigenvalue weighted by Gasteiger charge is -2.14. The zero-order valence-corrected chi connectivity index (χ0v) is 12.6. The first kappa shape index (κ1) is 15.4. The number of benzene rings is 1. The maximum Gasteiger partial charge on any atom is 0.268 e. The minimum absolute atomic E-state index is 0.00521. The van der Waals surface area contributed by atoms with E-state index in [-0.39, 0.29) is 22.5 Å². The molecular weight excluding hydrogens is 304 g/mol. The van der Waals surface area contributed by atoms with Crippen molar-refractivity contribution in [3.63, 3.8) is 0 Å². The molecule has 6 nitrogen and oxygen atoms in total. The third kappa shape index (κ3) is 2.37. The van der Waals surface area contributed by atoms with Crippen molar-refractivity contribution < 1.29 is 4.74 Å². The normalized spacial score (nSPS) is 9.86. The quantitative estimate of drug-likeness (QED) is 0.882. The molecule has 1 aromatic carbocycles. The molecule has 1 aromatic heterocycles. The molecule has 22 heavy (non-hydrogen) atoms. The number of anilines is 1. The van der Waals surface area contributed by atoms with E-state index < -0.39 is 5.56 Å². The number of aryl methyl sites for hydroxylation is 1. The molecule has 2 rings (SSSR count). The first-order valence-corrected chi connectivity index (χ1v) is 6.52. The maximum atomic E-state index is 11.9. The van der Waals surface area contributed by atoms with Gasteiger partial charge in [0, 0.05) is 16.1 Å². The molecule has 0 unspecified atom stereocenters. The number of nitriles is 2. The van der Waals surface area contributed by atoms with Gasteiger partial charge in [-0.25, -0.2) is 0 Å². The van der Waals surface area contributed by atoms with E-state index in [1.807, 2.05) is 6.07 Å². The first-order valence-electron chi connectivity index (χ1n) is 6.15. The van der Waals surface area contributed by atoms with Gasteiger partial charge in [-0.05, 0) is 24.6 Å². The highest BCUT2D eigenvalue weighted by atomic mass is 35.5. The summed E-state index contributed by atoms with van der Waals surface area (Å²) in [6.45, 7) is 1.79. The highest BCUT2D eigenvalue weighted by Gasteiger charge is 2.21. The van der Waals surface area contributed by atoms with Crippen molar-refractivity contribution in [3.8, 4) is 29.0 Å². The number of nitrogens with two attached hydrogens (primary N) is 1. The number of nitrogen functional groups attached to an aromatic ring is 1. The van der Waals surface area contributed by atoms with Crippen molar-refractivity contribution >= 4 is 17.4 Å². The number of rotatable bonds is 2. The number of nitrogens with one attached hydrogen (secondary N) is 1. The van der Waals surface area contributed by atoms with Crippen molar-refractivity contribution in [3.05, 3.63) is 44.2 Å². The van der Waals surface area contributed by atoms with Gasteiger partial charge in [0.05, 0.1) is 7.11 Å². The van der Waals surface area contributed by atoms with Crippen LogP contribution in [-0.2, 0) is 0 Å². The Bertz CT molecular complexity index is 904. The van der Waals surface area contributed by atoms with Crippen LogP contribution in [0.15, 0.2) is 16.9 Å². The summed E-state index contributed by atoms with van der Waals surface area (Å²) in [5.41, 5.74) is 6.04. The topological polar surface area (TPSA) is 116 Å². The van der Waals surface area contributed by atoms with Crippen LogP contribution in [0.4, 0.5) is 5.82 Å². The molecule has 0 aliphatic rings. The third-order valence-corrected chi connectivity index (χ3v) is 3.63. The van der Waals surface area contributed by atoms with Crippen LogP contribution in [-0.4, -0.2) is 12.1 Å². The summed E-state index contributed by atoms with van der Waals surface area (Å²) in [7, 11) is 1.45. The predicted molar refractivity (Wildman–Crippen MR) is 82.6 cm³/mol. The molecule has 0 saturated carbocycles. The predicted octanol–water partition coefficient (Wildman–Crippen LogP) is 2.34. The Labute approximate surface area is 131 Å². The molecule has 1 heterocycles. The van der Waals surface area contributed by atoms with Gasteiger partial charge in [-0.2, -0.15) is 10.5 Å². The zero-order chi connectivity index (χ0) is 16.4. The SMILES string of the molecule is COc1cc(C)c(Cl)cc1-c1c(C#N)c(N)[nH]c(=O)c1C#N. The van der Waals surface area contributed by atoms with Gasteiger partial charge in [0.1, 0.15) is 34.8 Å². The molecule has 110 valence electrons. The van der Waals surface area contributed by atoms with Crippen LogP contribution in [0, 0.1) is 29.6 Å². The number of hydrogen-bond acceptors (Lipinski definition) is 5. The molecule has 0 fully saturated rings. The monoisotopic (exact) mass is 314 g/mol. The molecule has 0 atom stereocenters. The van der Waals surface area contributed by atoms with E-state index in [0.29, 0.717) is 16.3 Å². The molecule has 2 aromatic rings. The highest BCUT2D eigenvalue weighted by Crippen LogP contribution is 2.38. The van der Waals surface area contributed by atoms with Gasteiger partial charge in [0.25, 0.3) is 5.56 Å². The second kappa shape index (κ2) is 5.80. The summed E-state index contributed by atoms with van der Waals surface area (Å²) >= 11 is 6.12. The largest absolute Gasteiger partial charge is 0.496 e. The Balaban J connectivity index is 3.02. The molecule has 0 amide bonds.